The van der Waals surface area contributed by atoms with Crippen molar-refractivity contribution >= 4 is 17.6 Å². The highest BCUT2D eigenvalue weighted by Gasteiger charge is 2.36. The van der Waals surface area contributed by atoms with Gasteiger partial charge in [0.15, 0.2) is 0 Å². The topological polar surface area (TPSA) is 75.4 Å². The smallest absolute Gasteiger partial charge is 0.322 e. The number of urea groups is 1. The molecule has 0 saturated heterocycles. The number of amides is 3. The van der Waals surface area contributed by atoms with E-state index in [-0.39, 0.29) is 6.03 Å². The third kappa shape index (κ3) is 2.65. The number of hydrogen-bond donors (Lipinski definition) is 2. The highest BCUT2D eigenvalue weighted by Crippen LogP contribution is 2.31. The van der Waals surface area contributed by atoms with Gasteiger partial charge in [0.25, 0.3) is 0 Å². The predicted molar refractivity (Wildman–Crippen MR) is 84.3 cm³/mol. The summed E-state index contributed by atoms with van der Waals surface area (Å²) in [6, 6.07) is 16.2. The van der Waals surface area contributed by atoms with Crippen molar-refractivity contribution in [2.24, 2.45) is 5.73 Å². The van der Waals surface area contributed by atoms with Gasteiger partial charge >= 0.3 is 6.03 Å². The monoisotopic (exact) mass is 295 g/mol. The first-order valence-electron chi connectivity index (χ1n) is 7.15. The van der Waals surface area contributed by atoms with Gasteiger partial charge in [0.05, 0.1) is 0 Å². The molecule has 0 aliphatic carbocycles. The van der Waals surface area contributed by atoms with Gasteiger partial charge in [-0.25, -0.2) is 4.79 Å². The summed E-state index contributed by atoms with van der Waals surface area (Å²) >= 11 is 0. The molecule has 0 fully saturated rings. The predicted octanol–water partition coefficient (Wildman–Crippen LogP) is 1.81. The standard InChI is InChI=1S/C17H17N3O2/c18-16(21)15-10-13-8-4-5-9-14(13)20(15)17(22)19-11-12-6-2-1-3-7-12/h1-9,15H,10-11H2,(H2,18,21)(H,19,22)/t15-/m0/s1. The second-order valence-electron chi connectivity index (χ2n) is 5.27. The van der Waals surface area contributed by atoms with Gasteiger partial charge in [0, 0.05) is 18.7 Å². The summed E-state index contributed by atoms with van der Waals surface area (Å²) in [6.07, 6.45) is 0.463. The molecule has 3 N–H and O–H groups in total. The number of hydrogen-bond acceptors (Lipinski definition) is 2. The molecule has 22 heavy (non-hydrogen) atoms. The Morgan fingerprint density at radius 2 is 1.77 bits per heavy atom. The second-order valence-corrected chi connectivity index (χ2v) is 5.27. The molecule has 1 aliphatic heterocycles. The van der Waals surface area contributed by atoms with Gasteiger partial charge in [-0.15, -0.1) is 0 Å². The van der Waals surface area contributed by atoms with Crippen molar-refractivity contribution in [1.29, 1.82) is 0 Å². The van der Waals surface area contributed by atoms with E-state index >= 15 is 0 Å². The van der Waals surface area contributed by atoms with E-state index in [4.69, 9.17) is 5.73 Å². The van der Waals surface area contributed by atoms with E-state index in [0.29, 0.717) is 13.0 Å². The van der Waals surface area contributed by atoms with Crippen LogP contribution in [0.15, 0.2) is 54.6 Å². The molecule has 5 heteroatoms. The van der Waals surface area contributed by atoms with Gasteiger partial charge in [-0.1, -0.05) is 48.5 Å². The summed E-state index contributed by atoms with van der Waals surface area (Å²) in [4.78, 5) is 25.6. The lowest BCUT2D eigenvalue weighted by Crippen LogP contribution is -2.50. The van der Waals surface area contributed by atoms with Crippen LogP contribution in [0.4, 0.5) is 10.5 Å². The van der Waals surface area contributed by atoms with Crippen LogP contribution < -0.4 is 16.0 Å². The van der Waals surface area contributed by atoms with E-state index in [1.54, 1.807) is 0 Å². The number of carbonyl (C=O) groups excluding carboxylic acids is 2. The molecule has 1 aliphatic rings. The molecule has 0 aromatic heterocycles. The summed E-state index contributed by atoms with van der Waals surface area (Å²) in [5.41, 5.74) is 8.16. The number of carbonyl (C=O) groups is 2. The van der Waals surface area contributed by atoms with Crippen molar-refractivity contribution in [3.05, 3.63) is 65.7 Å². The average Bonchev–Trinajstić information content (AvgIpc) is 2.93. The number of anilines is 1. The molecule has 0 spiro atoms. The van der Waals surface area contributed by atoms with Crippen LogP contribution >= 0.6 is 0 Å². The SMILES string of the molecule is NC(=O)[C@@H]1Cc2ccccc2N1C(=O)NCc1ccccc1. The summed E-state index contributed by atoms with van der Waals surface area (Å²) in [5.74, 6) is -0.494. The Morgan fingerprint density at radius 1 is 1.09 bits per heavy atom. The van der Waals surface area contributed by atoms with Crippen LogP contribution in [-0.2, 0) is 17.8 Å². The number of nitrogens with zero attached hydrogens (tertiary/aromatic N) is 1. The van der Waals surface area contributed by atoms with E-state index < -0.39 is 11.9 Å². The molecule has 3 rings (SSSR count). The van der Waals surface area contributed by atoms with Gasteiger partial charge in [-0.3, -0.25) is 9.69 Å². The highest BCUT2D eigenvalue weighted by molar-refractivity contribution is 6.02. The zero-order valence-electron chi connectivity index (χ0n) is 12.0. The zero-order valence-corrected chi connectivity index (χ0v) is 12.0. The van der Waals surface area contributed by atoms with Gasteiger partial charge in [0.2, 0.25) is 5.91 Å². The molecule has 1 heterocycles. The Labute approximate surface area is 128 Å². The van der Waals surface area contributed by atoms with Crippen LogP contribution in [0.1, 0.15) is 11.1 Å². The molecule has 2 aromatic rings. The number of nitrogens with one attached hydrogen (secondary N) is 1. The van der Waals surface area contributed by atoms with Crippen LogP contribution in [0, 0.1) is 0 Å². The maximum atomic E-state index is 12.5. The van der Waals surface area contributed by atoms with E-state index in [1.165, 1.54) is 4.90 Å². The second kappa shape index (κ2) is 5.89. The quantitative estimate of drug-likeness (QED) is 0.906. The van der Waals surface area contributed by atoms with Crippen LogP contribution in [0.25, 0.3) is 0 Å². The number of fused-ring (bicyclic) bond motifs is 1. The summed E-state index contributed by atoms with van der Waals surface area (Å²) in [7, 11) is 0. The Balaban J connectivity index is 1.78. The number of para-hydroxylation sites is 1. The lowest BCUT2D eigenvalue weighted by Gasteiger charge is -2.23. The van der Waals surface area contributed by atoms with Gasteiger partial charge in [-0.2, -0.15) is 0 Å². The van der Waals surface area contributed by atoms with E-state index in [1.807, 2.05) is 54.6 Å². The third-order valence-electron chi connectivity index (χ3n) is 3.81. The molecule has 0 radical (unpaired) electrons. The maximum absolute atomic E-state index is 12.5. The molecule has 0 saturated carbocycles. The number of benzene rings is 2. The molecular formula is C17H17N3O2. The van der Waals surface area contributed by atoms with Crippen LogP contribution in [0.5, 0.6) is 0 Å². The van der Waals surface area contributed by atoms with Gasteiger partial charge in [0.1, 0.15) is 6.04 Å². The van der Waals surface area contributed by atoms with Gasteiger partial charge < -0.3 is 11.1 Å². The first kappa shape index (κ1) is 14.1. The Hall–Kier alpha value is -2.82. The molecule has 0 bridgehead atoms. The number of primary amides is 1. The number of rotatable bonds is 3. The van der Waals surface area contributed by atoms with Crippen LogP contribution in [0.2, 0.25) is 0 Å². The van der Waals surface area contributed by atoms with Crippen LogP contribution in [0.3, 0.4) is 0 Å². The fourth-order valence-electron chi connectivity index (χ4n) is 2.72. The fourth-order valence-corrected chi connectivity index (χ4v) is 2.72. The molecule has 2 aromatic carbocycles. The van der Waals surface area contributed by atoms with E-state index in [2.05, 4.69) is 5.32 Å². The average molecular weight is 295 g/mol. The van der Waals surface area contributed by atoms with Crippen LogP contribution in [-0.4, -0.2) is 18.0 Å². The molecule has 5 nitrogen and oxygen atoms in total. The Morgan fingerprint density at radius 3 is 2.50 bits per heavy atom. The minimum absolute atomic E-state index is 0.308. The van der Waals surface area contributed by atoms with Crippen molar-refractivity contribution < 1.29 is 9.59 Å². The van der Waals surface area contributed by atoms with Crippen molar-refractivity contribution in [3.8, 4) is 0 Å². The van der Waals surface area contributed by atoms with E-state index in [9.17, 15) is 9.59 Å². The lowest BCUT2D eigenvalue weighted by atomic mass is 10.1. The third-order valence-corrected chi connectivity index (χ3v) is 3.81. The molecule has 0 unspecified atom stereocenters. The van der Waals surface area contributed by atoms with Crippen molar-refractivity contribution in [2.45, 2.75) is 19.0 Å². The maximum Gasteiger partial charge on any atom is 0.322 e. The molecule has 1 atom stereocenters. The zero-order chi connectivity index (χ0) is 15.5. The van der Waals surface area contributed by atoms with Gasteiger partial charge in [-0.05, 0) is 17.2 Å². The van der Waals surface area contributed by atoms with Crippen molar-refractivity contribution in [3.63, 3.8) is 0 Å². The normalized spacial score (nSPS) is 16.2. The molecular weight excluding hydrogens is 278 g/mol. The first-order valence-corrected chi connectivity index (χ1v) is 7.15. The van der Waals surface area contributed by atoms with Crippen molar-refractivity contribution in [1.82, 2.24) is 5.32 Å². The highest BCUT2D eigenvalue weighted by atomic mass is 16.2. The Bertz CT molecular complexity index is 700. The summed E-state index contributed by atoms with van der Waals surface area (Å²) < 4.78 is 0. The first-order chi connectivity index (χ1) is 10.7. The minimum atomic E-state index is -0.631. The fraction of sp³-hybridized carbons (Fsp3) is 0.176. The summed E-state index contributed by atoms with van der Waals surface area (Å²) in [6.45, 7) is 0.407. The largest absolute Gasteiger partial charge is 0.368 e. The minimum Gasteiger partial charge on any atom is -0.368 e. The number of nitrogens with two attached hydrogens (primary N) is 1. The molecule has 3 amide bonds. The van der Waals surface area contributed by atoms with E-state index in [0.717, 1.165) is 16.8 Å². The lowest BCUT2D eigenvalue weighted by molar-refractivity contribution is -0.119. The Kier molecular flexibility index (Phi) is 3.78. The summed E-state index contributed by atoms with van der Waals surface area (Å²) in [5, 5.41) is 2.85. The molecule has 112 valence electrons. The van der Waals surface area contributed by atoms with Crippen molar-refractivity contribution in [2.75, 3.05) is 4.90 Å².